The normalized spacial score (nSPS) is 11.2. The van der Waals surface area contributed by atoms with E-state index in [0.717, 1.165) is 13.0 Å². The third-order valence-electron chi connectivity index (χ3n) is 3.14. The molecule has 2 nitrogen and oxygen atoms in total. The van der Waals surface area contributed by atoms with Gasteiger partial charge < -0.3 is 5.73 Å². The van der Waals surface area contributed by atoms with Gasteiger partial charge in [-0.15, -0.1) is 0 Å². The van der Waals surface area contributed by atoms with Crippen LogP contribution in [0.5, 0.6) is 0 Å². The predicted octanol–water partition coefficient (Wildman–Crippen LogP) is 4.29. The molecule has 2 heteroatoms. The van der Waals surface area contributed by atoms with E-state index in [0.29, 0.717) is 6.42 Å². The Morgan fingerprint density at radius 3 is 1.78 bits per heavy atom. The first-order valence-corrected chi connectivity index (χ1v) is 7.62. The second kappa shape index (κ2) is 16.4. The highest BCUT2D eigenvalue weighted by molar-refractivity contribution is 5.50. The third kappa shape index (κ3) is 15.4. The van der Waals surface area contributed by atoms with Crippen LogP contribution in [0, 0.1) is 0 Å². The summed E-state index contributed by atoms with van der Waals surface area (Å²) in [5.41, 5.74) is 5.44. The van der Waals surface area contributed by atoms with Crippen LogP contribution in [0.1, 0.15) is 77.0 Å². The molecule has 0 aliphatic rings. The molecule has 0 amide bonds. The number of hydrogen-bond acceptors (Lipinski definition) is 2. The molecule has 0 saturated heterocycles. The zero-order chi connectivity index (χ0) is 13.3. The van der Waals surface area contributed by atoms with Crippen LogP contribution in [-0.2, 0) is 4.79 Å². The van der Waals surface area contributed by atoms with Gasteiger partial charge in [0.15, 0.2) is 6.29 Å². The van der Waals surface area contributed by atoms with Crippen molar-refractivity contribution in [2.75, 3.05) is 6.54 Å². The number of unbranched alkanes of at least 4 members (excludes halogenated alkanes) is 10. The number of nitrogens with two attached hydrogens (primary N) is 1. The molecule has 0 aromatic carbocycles. The number of allylic oxidation sites excluding steroid dienone is 2. The molecule has 0 aliphatic carbocycles. The fourth-order valence-electron chi connectivity index (χ4n) is 1.99. The van der Waals surface area contributed by atoms with Crippen molar-refractivity contribution in [1.82, 2.24) is 0 Å². The van der Waals surface area contributed by atoms with Gasteiger partial charge in [-0.05, 0) is 45.1 Å². The summed E-state index contributed by atoms with van der Waals surface area (Å²) in [5, 5.41) is 0. The second-order valence-corrected chi connectivity index (χ2v) is 4.91. The van der Waals surface area contributed by atoms with Crippen molar-refractivity contribution in [1.29, 1.82) is 0 Å². The molecule has 0 aromatic rings. The van der Waals surface area contributed by atoms with Crippen LogP contribution in [0.4, 0.5) is 0 Å². The Bertz CT molecular complexity index is 190. The van der Waals surface area contributed by atoms with Gasteiger partial charge in [-0.1, -0.05) is 44.3 Å². The molecule has 0 atom stereocenters. The van der Waals surface area contributed by atoms with E-state index in [4.69, 9.17) is 5.73 Å². The minimum atomic E-state index is 0.615. The van der Waals surface area contributed by atoms with Crippen molar-refractivity contribution in [3.05, 3.63) is 12.2 Å². The van der Waals surface area contributed by atoms with Crippen molar-refractivity contribution >= 4 is 6.29 Å². The quantitative estimate of drug-likeness (QED) is 0.370. The largest absolute Gasteiger partial charge is 0.330 e. The van der Waals surface area contributed by atoms with Crippen LogP contribution in [0.15, 0.2) is 12.2 Å². The Morgan fingerprint density at radius 1 is 0.722 bits per heavy atom. The summed E-state index contributed by atoms with van der Waals surface area (Å²) in [4.78, 5) is 9.98. The van der Waals surface area contributed by atoms with E-state index < -0.39 is 0 Å². The maximum absolute atomic E-state index is 9.98. The fourth-order valence-corrected chi connectivity index (χ4v) is 1.99. The smallest absolute Gasteiger partial charge is 0.198 e. The Kier molecular flexibility index (Phi) is 15.8. The third-order valence-corrected chi connectivity index (χ3v) is 3.14. The summed E-state index contributed by atoms with van der Waals surface area (Å²) in [6.07, 6.45) is 20.7. The van der Waals surface area contributed by atoms with Gasteiger partial charge in [0.25, 0.3) is 0 Å². The van der Waals surface area contributed by atoms with Crippen molar-refractivity contribution in [2.24, 2.45) is 5.73 Å². The van der Waals surface area contributed by atoms with E-state index in [1.807, 2.05) is 6.29 Å². The Balaban J connectivity index is 3.02. The molecule has 0 rings (SSSR count). The second-order valence-electron chi connectivity index (χ2n) is 4.91. The summed E-state index contributed by atoms with van der Waals surface area (Å²) >= 11 is 0. The Labute approximate surface area is 113 Å². The minimum absolute atomic E-state index is 0.615. The van der Waals surface area contributed by atoms with Gasteiger partial charge in [0.05, 0.1) is 0 Å². The van der Waals surface area contributed by atoms with Gasteiger partial charge >= 0.3 is 0 Å². The Morgan fingerprint density at radius 2 is 1.22 bits per heavy atom. The first-order valence-electron chi connectivity index (χ1n) is 7.62. The van der Waals surface area contributed by atoms with E-state index >= 15 is 0 Å². The number of rotatable bonds is 14. The maximum atomic E-state index is 9.98. The lowest BCUT2D eigenvalue weighted by atomic mass is 10.1. The lowest BCUT2D eigenvalue weighted by Gasteiger charge is -1.98. The van der Waals surface area contributed by atoms with E-state index in [9.17, 15) is 4.79 Å². The molecule has 0 aliphatic heterocycles. The summed E-state index contributed by atoms with van der Waals surface area (Å²) < 4.78 is 0. The topological polar surface area (TPSA) is 43.1 Å². The first kappa shape index (κ1) is 17.4. The molecule has 0 bridgehead atoms. The van der Waals surface area contributed by atoms with Crippen molar-refractivity contribution in [3.63, 3.8) is 0 Å². The van der Waals surface area contributed by atoms with Gasteiger partial charge in [-0.2, -0.15) is 0 Å². The van der Waals surface area contributed by atoms with Crippen LogP contribution < -0.4 is 5.73 Å². The van der Waals surface area contributed by atoms with E-state index in [2.05, 4.69) is 12.2 Å². The zero-order valence-corrected chi connectivity index (χ0v) is 11.8. The average Bonchev–Trinajstić information content (AvgIpc) is 2.39. The summed E-state index contributed by atoms with van der Waals surface area (Å²) in [7, 11) is 0. The molecular weight excluding hydrogens is 222 g/mol. The first-order chi connectivity index (χ1) is 8.91. The Hall–Kier alpha value is -0.630. The molecule has 18 heavy (non-hydrogen) atoms. The highest BCUT2D eigenvalue weighted by Crippen LogP contribution is 2.08. The van der Waals surface area contributed by atoms with Gasteiger partial charge in [-0.3, -0.25) is 4.79 Å². The molecule has 0 spiro atoms. The fraction of sp³-hybridized carbons (Fsp3) is 0.812. The molecule has 2 N–H and O–H groups in total. The van der Waals surface area contributed by atoms with Crippen LogP contribution in [0.25, 0.3) is 0 Å². The van der Waals surface area contributed by atoms with Gasteiger partial charge in [0, 0.05) is 6.42 Å². The highest BCUT2D eigenvalue weighted by atomic mass is 16.1. The predicted molar refractivity (Wildman–Crippen MR) is 79.3 cm³/mol. The number of carbonyl (C=O) groups excluding carboxylic acids is 1. The zero-order valence-electron chi connectivity index (χ0n) is 11.8. The molecule has 0 heterocycles. The van der Waals surface area contributed by atoms with Crippen molar-refractivity contribution < 1.29 is 4.79 Å². The van der Waals surface area contributed by atoms with Crippen LogP contribution in [-0.4, -0.2) is 12.8 Å². The average molecular weight is 252 g/mol. The molecule has 1 radical (unpaired) electrons. The van der Waals surface area contributed by atoms with Crippen molar-refractivity contribution in [2.45, 2.75) is 77.0 Å². The minimum Gasteiger partial charge on any atom is -0.330 e. The lowest BCUT2D eigenvalue weighted by molar-refractivity contribution is 0.542. The summed E-state index contributed by atoms with van der Waals surface area (Å²) in [6, 6.07) is 0. The summed E-state index contributed by atoms with van der Waals surface area (Å²) in [5.74, 6) is 0. The standard InChI is InChI=1S/C16H30NO/c17-15-13-11-9-7-5-3-1-2-4-6-8-10-12-14-16-18/h1,3H,2,4-15,17H2/b3-1-. The van der Waals surface area contributed by atoms with E-state index in [1.165, 1.54) is 64.2 Å². The van der Waals surface area contributed by atoms with E-state index in [1.54, 1.807) is 0 Å². The molecule has 0 aromatic heterocycles. The molecular formula is C16H30NO. The monoisotopic (exact) mass is 252 g/mol. The summed E-state index contributed by atoms with van der Waals surface area (Å²) in [6.45, 7) is 0.834. The molecule has 0 unspecified atom stereocenters. The molecule has 0 fully saturated rings. The van der Waals surface area contributed by atoms with Crippen LogP contribution >= 0.6 is 0 Å². The number of hydrogen-bond donors (Lipinski definition) is 1. The van der Waals surface area contributed by atoms with Gasteiger partial charge in [0.2, 0.25) is 0 Å². The molecule has 105 valence electrons. The van der Waals surface area contributed by atoms with Crippen LogP contribution in [0.3, 0.4) is 0 Å². The SMILES string of the molecule is NCCCCCC/C=C\CCCCCCC[C]=O. The molecule has 0 saturated carbocycles. The lowest BCUT2D eigenvalue weighted by Crippen LogP contribution is -1.97. The van der Waals surface area contributed by atoms with Gasteiger partial charge in [0.1, 0.15) is 0 Å². The maximum Gasteiger partial charge on any atom is 0.198 e. The van der Waals surface area contributed by atoms with Crippen molar-refractivity contribution in [3.8, 4) is 0 Å². The van der Waals surface area contributed by atoms with E-state index in [-0.39, 0.29) is 0 Å². The highest BCUT2D eigenvalue weighted by Gasteiger charge is 1.90. The van der Waals surface area contributed by atoms with Crippen LogP contribution in [0.2, 0.25) is 0 Å². The van der Waals surface area contributed by atoms with Gasteiger partial charge in [-0.25, -0.2) is 0 Å².